The topological polar surface area (TPSA) is 68.0 Å². The lowest BCUT2D eigenvalue weighted by atomic mass is 10.4. The number of amides is 1. The summed E-state index contributed by atoms with van der Waals surface area (Å²) in [5.74, 6) is -0.155. The molecular weight excluding hydrogens is 271 g/mol. The summed E-state index contributed by atoms with van der Waals surface area (Å²) in [5.41, 5.74) is 0. The third-order valence-electron chi connectivity index (χ3n) is 1.85. The molecule has 0 aliphatic heterocycles. The monoisotopic (exact) mass is 277 g/mol. The minimum Gasteiger partial charge on any atom is -0.456 e. The van der Waals surface area contributed by atoms with Crippen LogP contribution in [-0.4, -0.2) is 16.1 Å². The SMILES string of the molecule is Cc1ccc(C(=O)Nc2nnc(C(F)(F)F)s2)o1. The molecule has 0 bridgehead atoms. The highest BCUT2D eigenvalue weighted by Gasteiger charge is 2.35. The molecule has 0 aliphatic carbocycles. The normalized spacial score (nSPS) is 11.6. The van der Waals surface area contributed by atoms with Crippen LogP contribution in [0.1, 0.15) is 21.3 Å². The molecule has 0 spiro atoms. The van der Waals surface area contributed by atoms with Gasteiger partial charge in [-0.15, -0.1) is 10.2 Å². The highest BCUT2D eigenvalue weighted by Crippen LogP contribution is 2.33. The van der Waals surface area contributed by atoms with E-state index in [1.54, 1.807) is 13.0 Å². The van der Waals surface area contributed by atoms with Crippen LogP contribution in [0.5, 0.6) is 0 Å². The van der Waals surface area contributed by atoms with Crippen LogP contribution < -0.4 is 5.32 Å². The first-order valence-electron chi connectivity index (χ1n) is 4.65. The molecule has 5 nitrogen and oxygen atoms in total. The standard InChI is InChI=1S/C9H6F3N3O2S/c1-4-2-3-5(17-4)6(16)13-8-15-14-7(18-8)9(10,11)12/h2-3H,1H3,(H,13,15,16). The van der Waals surface area contributed by atoms with Crippen molar-refractivity contribution in [3.8, 4) is 0 Å². The van der Waals surface area contributed by atoms with Crippen molar-refractivity contribution in [1.29, 1.82) is 0 Å². The molecular formula is C9H6F3N3O2S. The zero-order chi connectivity index (χ0) is 13.3. The number of hydrogen-bond acceptors (Lipinski definition) is 5. The van der Waals surface area contributed by atoms with Crippen molar-refractivity contribution in [3.05, 3.63) is 28.7 Å². The molecule has 2 rings (SSSR count). The van der Waals surface area contributed by atoms with Gasteiger partial charge >= 0.3 is 6.18 Å². The molecule has 18 heavy (non-hydrogen) atoms. The van der Waals surface area contributed by atoms with Gasteiger partial charge < -0.3 is 4.42 Å². The Morgan fingerprint density at radius 1 is 1.39 bits per heavy atom. The van der Waals surface area contributed by atoms with E-state index in [-0.39, 0.29) is 22.2 Å². The lowest BCUT2D eigenvalue weighted by Crippen LogP contribution is -2.10. The minimum absolute atomic E-state index is 0.00346. The maximum atomic E-state index is 12.2. The van der Waals surface area contributed by atoms with Crippen molar-refractivity contribution in [2.45, 2.75) is 13.1 Å². The van der Waals surface area contributed by atoms with Gasteiger partial charge in [-0.3, -0.25) is 10.1 Å². The van der Waals surface area contributed by atoms with Crippen LogP contribution in [0.3, 0.4) is 0 Å². The molecule has 2 aromatic rings. The van der Waals surface area contributed by atoms with E-state index in [4.69, 9.17) is 4.42 Å². The fourth-order valence-corrected chi connectivity index (χ4v) is 1.71. The Bertz CT molecular complexity index is 576. The molecule has 0 aliphatic rings. The van der Waals surface area contributed by atoms with Gasteiger partial charge in [0, 0.05) is 0 Å². The molecule has 1 amide bonds. The number of hydrogen-bond donors (Lipinski definition) is 1. The van der Waals surface area contributed by atoms with Gasteiger partial charge in [0.15, 0.2) is 5.76 Å². The first kappa shape index (κ1) is 12.6. The number of nitrogens with zero attached hydrogens (tertiary/aromatic N) is 2. The largest absolute Gasteiger partial charge is 0.456 e. The van der Waals surface area contributed by atoms with E-state index < -0.39 is 17.1 Å². The van der Waals surface area contributed by atoms with Crippen molar-refractivity contribution in [2.75, 3.05) is 5.32 Å². The van der Waals surface area contributed by atoms with Gasteiger partial charge in [0.2, 0.25) is 10.1 Å². The van der Waals surface area contributed by atoms with Gasteiger partial charge in [0.1, 0.15) is 5.76 Å². The molecule has 0 fully saturated rings. The molecule has 2 aromatic heterocycles. The number of nitrogens with one attached hydrogen (secondary N) is 1. The molecule has 0 radical (unpaired) electrons. The van der Waals surface area contributed by atoms with E-state index in [2.05, 4.69) is 15.5 Å². The maximum Gasteiger partial charge on any atom is 0.445 e. The van der Waals surface area contributed by atoms with Crippen LogP contribution in [0.4, 0.5) is 18.3 Å². The quantitative estimate of drug-likeness (QED) is 0.916. The number of anilines is 1. The maximum absolute atomic E-state index is 12.2. The zero-order valence-corrected chi connectivity index (χ0v) is 9.72. The number of aryl methyl sites for hydroxylation is 1. The Morgan fingerprint density at radius 3 is 2.61 bits per heavy atom. The number of carbonyl (C=O) groups excluding carboxylic acids is 1. The van der Waals surface area contributed by atoms with E-state index in [1.165, 1.54) is 6.07 Å². The van der Waals surface area contributed by atoms with Gasteiger partial charge in [0.25, 0.3) is 5.91 Å². The van der Waals surface area contributed by atoms with E-state index in [9.17, 15) is 18.0 Å². The predicted molar refractivity (Wildman–Crippen MR) is 56.3 cm³/mol. The predicted octanol–water partition coefficient (Wildman–Crippen LogP) is 2.71. The van der Waals surface area contributed by atoms with Gasteiger partial charge in [-0.2, -0.15) is 13.2 Å². The molecule has 9 heteroatoms. The van der Waals surface area contributed by atoms with E-state index in [0.29, 0.717) is 5.76 Å². The van der Waals surface area contributed by atoms with Crippen molar-refractivity contribution in [2.24, 2.45) is 0 Å². The van der Waals surface area contributed by atoms with E-state index in [0.717, 1.165) is 0 Å². The van der Waals surface area contributed by atoms with Gasteiger partial charge in [-0.05, 0) is 19.1 Å². The van der Waals surface area contributed by atoms with Crippen LogP contribution >= 0.6 is 11.3 Å². The summed E-state index contributed by atoms with van der Waals surface area (Å²) in [7, 11) is 0. The number of halogens is 3. The second-order valence-electron chi connectivity index (χ2n) is 3.27. The minimum atomic E-state index is -4.57. The van der Waals surface area contributed by atoms with Crippen LogP contribution in [0, 0.1) is 6.92 Å². The summed E-state index contributed by atoms with van der Waals surface area (Å²) >= 11 is 0.249. The zero-order valence-electron chi connectivity index (χ0n) is 8.91. The third-order valence-corrected chi connectivity index (χ3v) is 2.74. The van der Waals surface area contributed by atoms with Crippen molar-refractivity contribution in [1.82, 2.24) is 10.2 Å². The Hall–Kier alpha value is -1.90. The van der Waals surface area contributed by atoms with Crippen LogP contribution in [-0.2, 0) is 6.18 Å². The summed E-state index contributed by atoms with van der Waals surface area (Å²) in [6, 6.07) is 2.98. The lowest BCUT2D eigenvalue weighted by Gasteiger charge is -1.98. The lowest BCUT2D eigenvalue weighted by molar-refractivity contribution is -0.138. The molecule has 0 atom stereocenters. The fraction of sp³-hybridized carbons (Fsp3) is 0.222. The molecule has 1 N–H and O–H groups in total. The fourth-order valence-electron chi connectivity index (χ4n) is 1.10. The first-order valence-corrected chi connectivity index (χ1v) is 5.46. The Kier molecular flexibility index (Phi) is 3.07. The molecule has 0 saturated heterocycles. The van der Waals surface area contributed by atoms with Gasteiger partial charge in [0.05, 0.1) is 0 Å². The second kappa shape index (κ2) is 4.41. The van der Waals surface area contributed by atoms with E-state index >= 15 is 0 Å². The Labute approximate surface area is 103 Å². The summed E-state index contributed by atoms with van der Waals surface area (Å²) in [4.78, 5) is 11.5. The highest BCUT2D eigenvalue weighted by molar-refractivity contribution is 7.15. The number of carbonyl (C=O) groups is 1. The molecule has 0 unspecified atom stereocenters. The van der Waals surface area contributed by atoms with Crippen molar-refractivity contribution < 1.29 is 22.4 Å². The van der Waals surface area contributed by atoms with Crippen LogP contribution in [0.2, 0.25) is 0 Å². The molecule has 2 heterocycles. The summed E-state index contributed by atoms with van der Waals surface area (Å²) < 4.78 is 41.7. The van der Waals surface area contributed by atoms with Crippen molar-refractivity contribution in [3.63, 3.8) is 0 Å². The van der Waals surface area contributed by atoms with Gasteiger partial charge in [-0.25, -0.2) is 0 Å². The number of alkyl halides is 3. The van der Waals surface area contributed by atoms with Gasteiger partial charge in [-0.1, -0.05) is 11.3 Å². The third kappa shape index (κ3) is 2.67. The summed E-state index contributed by atoms with van der Waals surface area (Å²) in [5, 5.41) is 6.99. The molecule has 0 aromatic carbocycles. The number of rotatable bonds is 2. The summed E-state index contributed by atoms with van der Waals surface area (Å²) in [6.45, 7) is 1.64. The Morgan fingerprint density at radius 2 is 2.11 bits per heavy atom. The number of furan rings is 1. The summed E-state index contributed by atoms with van der Waals surface area (Å²) in [6.07, 6.45) is -4.57. The molecule has 0 saturated carbocycles. The van der Waals surface area contributed by atoms with Crippen LogP contribution in [0.25, 0.3) is 0 Å². The average molecular weight is 277 g/mol. The van der Waals surface area contributed by atoms with Crippen molar-refractivity contribution >= 4 is 22.4 Å². The molecule has 96 valence electrons. The smallest absolute Gasteiger partial charge is 0.445 e. The van der Waals surface area contributed by atoms with Crippen LogP contribution in [0.15, 0.2) is 16.5 Å². The van der Waals surface area contributed by atoms with E-state index in [1.807, 2.05) is 0 Å². The first-order chi connectivity index (χ1) is 8.36. The average Bonchev–Trinajstić information content (AvgIpc) is 2.85. The number of aromatic nitrogens is 2. The second-order valence-corrected chi connectivity index (χ2v) is 4.25. The highest BCUT2D eigenvalue weighted by atomic mass is 32.1. The Balaban J connectivity index is 2.10.